The van der Waals surface area contributed by atoms with Crippen LogP contribution >= 0.6 is 34.4 Å². The van der Waals surface area contributed by atoms with E-state index in [0.29, 0.717) is 23.0 Å². The average Bonchev–Trinajstić information content (AvgIpc) is 2.97. The van der Waals surface area contributed by atoms with E-state index in [9.17, 15) is 13.2 Å². The molecule has 2 aromatic heterocycles. The Balaban J connectivity index is 1.67. The Hall–Kier alpha value is -0.800. The smallest absolute Gasteiger partial charge is 0.361 e. The molecule has 0 aliphatic rings. The van der Waals surface area contributed by atoms with Crippen molar-refractivity contribution in [2.45, 2.75) is 16.9 Å². The monoisotopic (exact) mass is 325 g/mol. The summed E-state index contributed by atoms with van der Waals surface area (Å²) in [5.41, 5.74) is 0. The van der Waals surface area contributed by atoms with Gasteiger partial charge in [0.25, 0.3) is 0 Å². The molecule has 104 valence electrons. The van der Waals surface area contributed by atoms with Crippen molar-refractivity contribution in [1.29, 1.82) is 0 Å². The van der Waals surface area contributed by atoms with Gasteiger partial charge in [0.1, 0.15) is 9.22 Å². The van der Waals surface area contributed by atoms with Gasteiger partial charge in [0.05, 0.1) is 6.20 Å². The Morgan fingerprint density at radius 1 is 1.32 bits per heavy atom. The zero-order chi connectivity index (χ0) is 13.7. The molecule has 0 amide bonds. The second-order valence-electron chi connectivity index (χ2n) is 3.45. The Bertz CT molecular complexity index is 496. The van der Waals surface area contributed by atoms with E-state index in [1.165, 1.54) is 0 Å². The van der Waals surface area contributed by atoms with Crippen molar-refractivity contribution in [2.24, 2.45) is 0 Å². The third kappa shape index (κ3) is 4.66. The highest BCUT2D eigenvalue weighted by Gasteiger charge is 2.33. The van der Waals surface area contributed by atoms with Crippen LogP contribution in [0.2, 0.25) is 0 Å². The van der Waals surface area contributed by atoms with E-state index < -0.39 is 11.1 Å². The molecular weight excluding hydrogens is 315 g/mol. The van der Waals surface area contributed by atoms with Crippen molar-refractivity contribution in [3.05, 3.63) is 22.7 Å². The molecule has 2 rings (SSSR count). The molecule has 9 heteroatoms. The van der Waals surface area contributed by atoms with Crippen LogP contribution in [0.3, 0.4) is 0 Å². The van der Waals surface area contributed by atoms with Gasteiger partial charge in [-0.2, -0.15) is 13.2 Å². The van der Waals surface area contributed by atoms with Crippen LogP contribution in [0.15, 0.2) is 22.1 Å². The number of nitrogens with one attached hydrogen (secondary N) is 1. The lowest BCUT2D eigenvalue weighted by atomic mass is 10.5. The minimum absolute atomic E-state index is 0.312. The maximum absolute atomic E-state index is 12.3. The summed E-state index contributed by atoms with van der Waals surface area (Å²) < 4.78 is 38.0. The fourth-order valence-corrected chi connectivity index (χ4v) is 3.55. The number of thiazole rings is 2. The molecule has 0 radical (unpaired) electrons. The topological polar surface area (TPSA) is 37.8 Å². The third-order valence-electron chi connectivity index (χ3n) is 2.02. The molecule has 0 aliphatic carbocycles. The fourth-order valence-electron chi connectivity index (χ4n) is 1.20. The van der Waals surface area contributed by atoms with Gasteiger partial charge in [0, 0.05) is 23.9 Å². The fraction of sp³-hybridized carbons (Fsp3) is 0.400. The molecule has 0 unspecified atom stereocenters. The molecule has 3 nitrogen and oxygen atoms in total. The Morgan fingerprint density at radius 3 is 2.79 bits per heavy atom. The van der Waals surface area contributed by atoms with Crippen molar-refractivity contribution in [3.8, 4) is 0 Å². The molecule has 19 heavy (non-hydrogen) atoms. The summed E-state index contributed by atoms with van der Waals surface area (Å²) in [6.45, 7) is 0.600. The van der Waals surface area contributed by atoms with Crippen LogP contribution in [0.4, 0.5) is 18.3 Å². The van der Waals surface area contributed by atoms with Crippen LogP contribution in [0.25, 0.3) is 0 Å². The zero-order valence-corrected chi connectivity index (χ0v) is 12.1. The van der Waals surface area contributed by atoms with Gasteiger partial charge in [0.2, 0.25) is 0 Å². The molecule has 0 atom stereocenters. The van der Waals surface area contributed by atoms with Gasteiger partial charge >= 0.3 is 6.18 Å². The van der Waals surface area contributed by atoms with Gasteiger partial charge in [-0.25, -0.2) is 9.97 Å². The number of rotatable bonds is 6. The number of nitrogens with zero attached hydrogens (tertiary/aromatic N) is 2. The van der Waals surface area contributed by atoms with Crippen molar-refractivity contribution >= 4 is 39.6 Å². The SMILES string of the molecule is FC(F)(F)c1cnc(NCCCSc2nccs2)s1. The molecule has 0 aromatic carbocycles. The van der Waals surface area contributed by atoms with Gasteiger partial charge < -0.3 is 5.32 Å². The second-order valence-corrected chi connectivity index (χ2v) is 6.72. The van der Waals surface area contributed by atoms with Gasteiger partial charge in [-0.1, -0.05) is 23.1 Å². The standard InChI is InChI=1S/C10H10F3N3S3/c11-10(12,13)7-6-16-8(19-7)14-2-1-4-17-9-15-3-5-18-9/h3,5-6H,1-2,4H2,(H,14,16). The van der Waals surface area contributed by atoms with Crippen molar-refractivity contribution < 1.29 is 13.2 Å². The lowest BCUT2D eigenvalue weighted by Gasteiger charge is -2.02. The number of hydrogen-bond acceptors (Lipinski definition) is 6. The third-order valence-corrected chi connectivity index (χ3v) is 5.07. The second kappa shape index (κ2) is 6.58. The average molecular weight is 325 g/mol. The first-order valence-corrected chi connectivity index (χ1v) is 8.03. The van der Waals surface area contributed by atoms with Crippen LogP contribution in [-0.2, 0) is 6.18 Å². The summed E-state index contributed by atoms with van der Waals surface area (Å²) in [7, 11) is 0. The number of anilines is 1. The largest absolute Gasteiger partial charge is 0.427 e. The first-order valence-electron chi connectivity index (χ1n) is 5.35. The predicted molar refractivity (Wildman–Crippen MR) is 73.1 cm³/mol. The van der Waals surface area contributed by atoms with Crippen molar-refractivity contribution in [1.82, 2.24) is 9.97 Å². The molecule has 2 aromatic rings. The molecule has 0 spiro atoms. The van der Waals surface area contributed by atoms with E-state index in [1.807, 2.05) is 5.38 Å². The van der Waals surface area contributed by atoms with E-state index >= 15 is 0 Å². The molecule has 0 fully saturated rings. The first kappa shape index (κ1) is 14.6. The Morgan fingerprint density at radius 2 is 2.16 bits per heavy atom. The molecule has 0 saturated heterocycles. The highest BCUT2D eigenvalue weighted by molar-refractivity contribution is 8.00. The molecule has 2 heterocycles. The van der Waals surface area contributed by atoms with E-state index in [2.05, 4.69) is 15.3 Å². The van der Waals surface area contributed by atoms with Gasteiger partial charge in [-0.3, -0.25) is 0 Å². The van der Waals surface area contributed by atoms with Crippen LogP contribution in [-0.4, -0.2) is 22.3 Å². The summed E-state index contributed by atoms with van der Waals surface area (Å²) in [6, 6.07) is 0. The lowest BCUT2D eigenvalue weighted by Crippen LogP contribution is -2.02. The quantitative estimate of drug-likeness (QED) is 0.638. The zero-order valence-electron chi connectivity index (χ0n) is 9.61. The van der Waals surface area contributed by atoms with Gasteiger partial charge in [-0.05, 0) is 6.42 Å². The Labute approximate surface area is 120 Å². The van der Waals surface area contributed by atoms with E-state index in [1.54, 1.807) is 29.3 Å². The van der Waals surface area contributed by atoms with E-state index in [4.69, 9.17) is 0 Å². The molecule has 0 aliphatic heterocycles. The van der Waals surface area contributed by atoms with Crippen LogP contribution in [0.1, 0.15) is 11.3 Å². The predicted octanol–water partition coefficient (Wildman–Crippen LogP) is 4.21. The summed E-state index contributed by atoms with van der Waals surface area (Å²) in [4.78, 5) is 7.15. The maximum Gasteiger partial charge on any atom is 0.427 e. The summed E-state index contributed by atoms with van der Waals surface area (Å²) in [5, 5.41) is 5.12. The summed E-state index contributed by atoms with van der Waals surface area (Å²) >= 11 is 3.85. The van der Waals surface area contributed by atoms with Crippen molar-refractivity contribution in [3.63, 3.8) is 0 Å². The molecule has 1 N–H and O–H groups in total. The van der Waals surface area contributed by atoms with Crippen LogP contribution in [0.5, 0.6) is 0 Å². The number of thioether (sulfide) groups is 1. The minimum Gasteiger partial charge on any atom is -0.361 e. The highest BCUT2D eigenvalue weighted by Crippen LogP contribution is 2.34. The van der Waals surface area contributed by atoms with Crippen molar-refractivity contribution in [2.75, 3.05) is 17.6 Å². The minimum atomic E-state index is -4.31. The lowest BCUT2D eigenvalue weighted by molar-refractivity contribution is -0.134. The highest BCUT2D eigenvalue weighted by atomic mass is 32.2. The van der Waals surface area contributed by atoms with E-state index in [-0.39, 0.29) is 0 Å². The normalized spacial score (nSPS) is 11.7. The first-order chi connectivity index (χ1) is 9.05. The van der Waals surface area contributed by atoms with E-state index in [0.717, 1.165) is 22.7 Å². The summed E-state index contributed by atoms with van der Waals surface area (Å²) in [5.74, 6) is 0.873. The molecular formula is C10H10F3N3S3. The number of hydrogen-bond donors (Lipinski definition) is 1. The van der Waals surface area contributed by atoms with Gasteiger partial charge in [0.15, 0.2) is 5.13 Å². The molecule has 0 saturated carbocycles. The number of alkyl halides is 3. The van der Waals surface area contributed by atoms with Crippen LogP contribution in [0, 0.1) is 0 Å². The van der Waals surface area contributed by atoms with Gasteiger partial charge in [-0.15, -0.1) is 11.3 Å². The molecule has 0 bridgehead atoms. The number of halogens is 3. The maximum atomic E-state index is 12.3. The Kier molecular flexibility index (Phi) is 5.06. The van der Waals surface area contributed by atoms with Crippen LogP contribution < -0.4 is 5.32 Å². The summed E-state index contributed by atoms with van der Waals surface area (Å²) in [6.07, 6.45) is -0.861. The number of aromatic nitrogens is 2.